The van der Waals surface area contributed by atoms with Crippen molar-refractivity contribution in [1.82, 2.24) is 15.2 Å². The van der Waals surface area contributed by atoms with Gasteiger partial charge in [0.1, 0.15) is 11.8 Å². The molecule has 0 unspecified atom stereocenters. The van der Waals surface area contributed by atoms with Gasteiger partial charge in [0.15, 0.2) is 10.8 Å². The number of esters is 1. The van der Waals surface area contributed by atoms with Gasteiger partial charge < -0.3 is 20.1 Å². The minimum absolute atomic E-state index is 0.0526. The molecule has 10 heteroatoms. The fraction of sp³-hybridized carbons (Fsp3) is 0.429. The lowest BCUT2D eigenvalue weighted by molar-refractivity contribution is -0.129. The Hall–Kier alpha value is -3.14. The van der Waals surface area contributed by atoms with Gasteiger partial charge in [0.05, 0.1) is 20.3 Å². The summed E-state index contributed by atoms with van der Waals surface area (Å²) in [4.78, 5) is 43.1. The smallest absolute Gasteiger partial charge is 0.357 e. The molecule has 31 heavy (non-hydrogen) atoms. The first-order chi connectivity index (χ1) is 14.9. The van der Waals surface area contributed by atoms with E-state index in [0.29, 0.717) is 23.0 Å². The average molecular weight is 447 g/mol. The van der Waals surface area contributed by atoms with E-state index in [2.05, 4.69) is 20.4 Å². The van der Waals surface area contributed by atoms with Crippen molar-refractivity contribution in [2.75, 3.05) is 26.1 Å². The number of carbonyl (C=O) groups is 3. The molecule has 1 aliphatic rings. The predicted molar refractivity (Wildman–Crippen MR) is 116 cm³/mol. The third-order valence-electron chi connectivity index (χ3n) is 5.41. The van der Waals surface area contributed by atoms with E-state index in [-0.39, 0.29) is 23.6 Å². The SMILES string of the molecule is CC[C@H](C)[C@@H](CNc1nc(C(=O)OC)cs1)N1C(=O)N[C@H](c2ccc(OC)cc2)C1=O. The molecule has 0 radical (unpaired) electrons. The van der Waals surface area contributed by atoms with Crippen molar-refractivity contribution in [2.45, 2.75) is 32.4 Å². The van der Waals surface area contributed by atoms with Gasteiger partial charge in [-0.2, -0.15) is 0 Å². The Bertz CT molecular complexity index is 946. The predicted octanol–water partition coefficient (Wildman–Crippen LogP) is 3.06. The highest BCUT2D eigenvalue weighted by atomic mass is 32.1. The summed E-state index contributed by atoms with van der Waals surface area (Å²) in [5, 5.41) is 8.06. The van der Waals surface area contributed by atoms with E-state index >= 15 is 0 Å². The summed E-state index contributed by atoms with van der Waals surface area (Å²) < 4.78 is 9.83. The molecule has 9 nitrogen and oxygen atoms in total. The van der Waals surface area contributed by atoms with E-state index in [9.17, 15) is 14.4 Å². The molecular weight excluding hydrogens is 420 g/mol. The summed E-state index contributed by atoms with van der Waals surface area (Å²) in [5.74, 6) is -0.0819. The molecule has 166 valence electrons. The van der Waals surface area contributed by atoms with Crippen molar-refractivity contribution in [3.05, 3.63) is 40.9 Å². The molecule has 0 aliphatic carbocycles. The molecule has 3 atom stereocenters. The number of aromatic nitrogens is 1. The van der Waals surface area contributed by atoms with E-state index in [1.54, 1.807) is 36.8 Å². The Morgan fingerprint density at radius 1 is 1.29 bits per heavy atom. The third kappa shape index (κ3) is 4.79. The molecule has 1 aromatic heterocycles. The second-order valence-corrected chi connectivity index (χ2v) is 8.09. The number of ether oxygens (including phenoxy) is 2. The Morgan fingerprint density at radius 2 is 2.00 bits per heavy atom. The number of thiazole rings is 1. The maximum atomic E-state index is 13.2. The summed E-state index contributed by atoms with van der Waals surface area (Å²) in [6, 6.07) is 5.50. The number of nitrogens with one attached hydrogen (secondary N) is 2. The lowest BCUT2D eigenvalue weighted by Gasteiger charge is -2.30. The molecule has 1 aromatic carbocycles. The molecule has 0 bridgehead atoms. The van der Waals surface area contributed by atoms with Crippen LogP contribution in [0.15, 0.2) is 29.6 Å². The van der Waals surface area contributed by atoms with Crippen LogP contribution in [0.1, 0.15) is 42.4 Å². The number of amides is 3. The Balaban J connectivity index is 1.76. The zero-order chi connectivity index (χ0) is 22.5. The number of hydrogen-bond donors (Lipinski definition) is 2. The van der Waals surface area contributed by atoms with Crippen LogP contribution < -0.4 is 15.4 Å². The second kappa shape index (κ2) is 9.78. The summed E-state index contributed by atoms with van der Waals surface area (Å²) in [6.45, 7) is 4.32. The number of imide groups is 1. The largest absolute Gasteiger partial charge is 0.497 e. The monoisotopic (exact) mass is 446 g/mol. The number of benzene rings is 1. The van der Waals surface area contributed by atoms with Gasteiger partial charge in [0.25, 0.3) is 5.91 Å². The minimum atomic E-state index is -0.740. The molecule has 2 aromatic rings. The molecule has 1 fully saturated rings. The first kappa shape index (κ1) is 22.5. The first-order valence-corrected chi connectivity index (χ1v) is 10.8. The van der Waals surface area contributed by atoms with Gasteiger partial charge in [0.2, 0.25) is 0 Å². The van der Waals surface area contributed by atoms with Crippen LogP contribution in [0, 0.1) is 5.92 Å². The van der Waals surface area contributed by atoms with E-state index in [1.165, 1.54) is 23.3 Å². The van der Waals surface area contributed by atoms with Gasteiger partial charge in [-0.25, -0.2) is 14.6 Å². The van der Waals surface area contributed by atoms with Gasteiger partial charge >= 0.3 is 12.0 Å². The highest BCUT2D eigenvalue weighted by Gasteiger charge is 2.44. The minimum Gasteiger partial charge on any atom is -0.497 e. The molecule has 1 saturated heterocycles. The van der Waals surface area contributed by atoms with Gasteiger partial charge in [-0.05, 0) is 23.6 Å². The Labute approximate surface area is 184 Å². The van der Waals surface area contributed by atoms with E-state index in [0.717, 1.165) is 6.42 Å². The van der Waals surface area contributed by atoms with Gasteiger partial charge in [-0.15, -0.1) is 11.3 Å². The summed E-state index contributed by atoms with van der Waals surface area (Å²) in [6.07, 6.45) is 0.780. The topological polar surface area (TPSA) is 110 Å². The van der Waals surface area contributed by atoms with Gasteiger partial charge in [-0.1, -0.05) is 32.4 Å². The van der Waals surface area contributed by atoms with Crippen molar-refractivity contribution < 1.29 is 23.9 Å². The zero-order valence-electron chi connectivity index (χ0n) is 17.9. The molecule has 0 spiro atoms. The second-order valence-electron chi connectivity index (χ2n) is 7.23. The maximum absolute atomic E-state index is 13.2. The molecular formula is C21H26N4O5S. The van der Waals surface area contributed by atoms with Crippen LogP contribution in [0.2, 0.25) is 0 Å². The van der Waals surface area contributed by atoms with Crippen LogP contribution >= 0.6 is 11.3 Å². The zero-order valence-corrected chi connectivity index (χ0v) is 18.7. The summed E-state index contributed by atoms with van der Waals surface area (Å²) >= 11 is 1.26. The van der Waals surface area contributed by atoms with Crippen molar-refractivity contribution in [3.8, 4) is 5.75 Å². The van der Waals surface area contributed by atoms with Gasteiger partial charge in [0, 0.05) is 11.9 Å². The first-order valence-electron chi connectivity index (χ1n) is 9.94. The van der Waals surface area contributed by atoms with E-state index in [1.807, 2.05) is 13.8 Å². The Kier molecular flexibility index (Phi) is 7.11. The van der Waals surface area contributed by atoms with E-state index < -0.39 is 18.0 Å². The highest BCUT2D eigenvalue weighted by molar-refractivity contribution is 7.13. The average Bonchev–Trinajstić information content (AvgIpc) is 3.38. The molecule has 1 aliphatic heterocycles. The summed E-state index contributed by atoms with van der Waals surface area (Å²) in [5.41, 5.74) is 0.907. The number of methoxy groups -OCH3 is 2. The van der Waals surface area contributed by atoms with Crippen LogP contribution in [0.4, 0.5) is 9.93 Å². The molecule has 3 amide bonds. The lowest BCUT2D eigenvalue weighted by atomic mass is 9.97. The maximum Gasteiger partial charge on any atom is 0.357 e. The number of anilines is 1. The van der Waals surface area contributed by atoms with Crippen molar-refractivity contribution >= 4 is 34.4 Å². The quantitative estimate of drug-likeness (QED) is 0.450. The summed E-state index contributed by atoms with van der Waals surface area (Å²) in [7, 11) is 2.87. The van der Waals surface area contributed by atoms with Gasteiger partial charge in [-0.3, -0.25) is 9.69 Å². The van der Waals surface area contributed by atoms with Crippen LogP contribution in [-0.4, -0.2) is 54.6 Å². The lowest BCUT2D eigenvalue weighted by Crippen LogP contribution is -2.48. The van der Waals surface area contributed by atoms with E-state index in [4.69, 9.17) is 4.74 Å². The molecule has 2 heterocycles. The fourth-order valence-electron chi connectivity index (χ4n) is 3.39. The van der Waals surface area contributed by atoms with Crippen molar-refractivity contribution in [3.63, 3.8) is 0 Å². The number of carbonyl (C=O) groups excluding carboxylic acids is 3. The van der Waals surface area contributed by atoms with Crippen LogP contribution in [-0.2, 0) is 9.53 Å². The van der Waals surface area contributed by atoms with Crippen LogP contribution in [0.5, 0.6) is 5.75 Å². The number of urea groups is 1. The van der Waals surface area contributed by atoms with Crippen molar-refractivity contribution in [2.24, 2.45) is 5.92 Å². The molecule has 3 rings (SSSR count). The number of hydrogen-bond acceptors (Lipinski definition) is 8. The van der Waals surface area contributed by atoms with Crippen LogP contribution in [0.25, 0.3) is 0 Å². The molecule has 0 saturated carbocycles. The standard InChI is InChI=1S/C21H26N4O5S/c1-5-12(2)16(10-22-20-23-15(11-31-20)19(27)30-4)25-18(26)17(24-21(25)28)13-6-8-14(29-3)9-7-13/h6-9,11-12,16-17H,5,10H2,1-4H3,(H,22,23)(H,24,28)/t12-,16+,17+/m0/s1. The fourth-order valence-corrected chi connectivity index (χ4v) is 4.08. The third-order valence-corrected chi connectivity index (χ3v) is 6.21. The Morgan fingerprint density at radius 3 is 2.61 bits per heavy atom. The number of nitrogens with zero attached hydrogens (tertiary/aromatic N) is 2. The molecule has 2 N–H and O–H groups in total. The van der Waals surface area contributed by atoms with Crippen molar-refractivity contribution in [1.29, 1.82) is 0 Å². The normalized spacial score (nSPS) is 17.8. The number of rotatable bonds is 9. The highest BCUT2D eigenvalue weighted by Crippen LogP contribution is 2.28. The van der Waals surface area contributed by atoms with Crippen LogP contribution in [0.3, 0.4) is 0 Å².